The van der Waals surface area contributed by atoms with Crippen LogP contribution in [0.3, 0.4) is 0 Å². The van der Waals surface area contributed by atoms with Crippen LogP contribution in [0, 0.1) is 0 Å². The van der Waals surface area contributed by atoms with Crippen molar-refractivity contribution in [1.82, 2.24) is 0 Å². The molecule has 5 nitrogen and oxygen atoms in total. The molecule has 0 aromatic carbocycles. The third kappa shape index (κ3) is 1.52. The van der Waals surface area contributed by atoms with Crippen molar-refractivity contribution in [2.45, 2.75) is 37.6 Å². The van der Waals surface area contributed by atoms with Crippen LogP contribution in [0.4, 0.5) is 0 Å². The van der Waals surface area contributed by atoms with Gasteiger partial charge in [0.15, 0.2) is 0 Å². The van der Waals surface area contributed by atoms with Crippen molar-refractivity contribution in [2.75, 3.05) is 0 Å². The van der Waals surface area contributed by atoms with Gasteiger partial charge in [0.05, 0.1) is 6.10 Å². The van der Waals surface area contributed by atoms with Crippen LogP contribution in [0.2, 0.25) is 0 Å². The molecule has 0 spiro atoms. The molecule has 0 saturated carbocycles. The summed E-state index contributed by atoms with van der Waals surface area (Å²) in [5.41, 5.74) is 5.28. The van der Waals surface area contributed by atoms with Crippen LogP contribution in [0.15, 0.2) is 0 Å². The summed E-state index contributed by atoms with van der Waals surface area (Å²) in [7, 11) is 0. The quantitative estimate of drug-likeness (QED) is 0.324. The summed E-state index contributed by atoms with van der Waals surface area (Å²) in [6, 6.07) is 0. The van der Waals surface area contributed by atoms with Gasteiger partial charge in [-0.3, -0.25) is 0 Å². The molecule has 1 saturated heterocycles. The van der Waals surface area contributed by atoms with E-state index >= 15 is 0 Å². The smallest absolute Gasteiger partial charge is 0.135 e. The highest BCUT2D eigenvalue weighted by molar-refractivity contribution is 4.87. The van der Waals surface area contributed by atoms with E-state index < -0.39 is 30.6 Å². The number of hydrogen-bond donors (Lipinski definition) is 4. The molecule has 1 fully saturated rings. The SMILES string of the molecule is C[C@@H]1O[C@@H](N)[C@@H](O)[C@H](O)[C@@H]1O. The Morgan fingerprint density at radius 1 is 1.09 bits per heavy atom. The van der Waals surface area contributed by atoms with E-state index in [-0.39, 0.29) is 0 Å². The van der Waals surface area contributed by atoms with E-state index in [0.29, 0.717) is 0 Å². The summed E-state index contributed by atoms with van der Waals surface area (Å²) >= 11 is 0. The lowest BCUT2D eigenvalue weighted by Gasteiger charge is -2.37. The van der Waals surface area contributed by atoms with E-state index in [4.69, 9.17) is 25.8 Å². The van der Waals surface area contributed by atoms with Crippen molar-refractivity contribution in [1.29, 1.82) is 0 Å². The van der Waals surface area contributed by atoms with Crippen LogP contribution >= 0.6 is 0 Å². The average Bonchev–Trinajstić information content (AvgIpc) is 1.97. The fraction of sp³-hybridized carbons (Fsp3) is 1.00. The molecular formula is C6H13NO4. The number of hydrogen-bond acceptors (Lipinski definition) is 5. The topological polar surface area (TPSA) is 95.9 Å². The normalized spacial score (nSPS) is 52.6. The molecule has 5 atom stereocenters. The van der Waals surface area contributed by atoms with Crippen molar-refractivity contribution in [2.24, 2.45) is 5.73 Å². The molecule has 1 rings (SSSR count). The van der Waals surface area contributed by atoms with Crippen molar-refractivity contribution in [3.63, 3.8) is 0 Å². The molecular weight excluding hydrogens is 150 g/mol. The van der Waals surface area contributed by atoms with Gasteiger partial charge in [0.1, 0.15) is 24.5 Å². The van der Waals surface area contributed by atoms with E-state index in [2.05, 4.69) is 0 Å². The zero-order valence-corrected chi connectivity index (χ0v) is 6.21. The summed E-state index contributed by atoms with van der Waals surface area (Å²) in [6.07, 6.45) is -4.94. The van der Waals surface area contributed by atoms with Gasteiger partial charge in [-0.25, -0.2) is 0 Å². The predicted molar refractivity (Wildman–Crippen MR) is 36.5 cm³/mol. The molecule has 0 aromatic heterocycles. The second kappa shape index (κ2) is 3.04. The lowest BCUT2D eigenvalue weighted by atomic mass is 9.99. The van der Waals surface area contributed by atoms with Crippen LogP contribution in [0.5, 0.6) is 0 Å². The molecule has 0 radical (unpaired) electrons. The molecule has 0 bridgehead atoms. The first kappa shape index (κ1) is 8.89. The molecule has 5 heteroatoms. The molecule has 0 aromatic rings. The number of nitrogens with two attached hydrogens (primary N) is 1. The van der Waals surface area contributed by atoms with E-state index in [1.54, 1.807) is 6.92 Å². The summed E-state index contributed by atoms with van der Waals surface area (Å²) in [5, 5.41) is 27.3. The third-order valence-electron chi connectivity index (χ3n) is 1.89. The Balaban J connectivity index is 2.63. The number of aliphatic hydroxyl groups is 3. The Morgan fingerprint density at radius 3 is 2.18 bits per heavy atom. The van der Waals surface area contributed by atoms with Crippen LogP contribution < -0.4 is 5.73 Å². The Morgan fingerprint density at radius 2 is 1.64 bits per heavy atom. The second-order valence-corrected chi connectivity index (χ2v) is 2.78. The molecule has 1 heterocycles. The molecule has 0 aliphatic carbocycles. The van der Waals surface area contributed by atoms with Crippen molar-refractivity contribution >= 4 is 0 Å². The average molecular weight is 163 g/mol. The Bertz CT molecular complexity index is 129. The number of rotatable bonds is 0. The van der Waals surface area contributed by atoms with Gasteiger partial charge < -0.3 is 25.8 Å². The highest BCUT2D eigenvalue weighted by Gasteiger charge is 2.39. The van der Waals surface area contributed by atoms with Crippen LogP contribution in [-0.4, -0.2) is 46.0 Å². The maximum atomic E-state index is 9.14. The highest BCUT2D eigenvalue weighted by Crippen LogP contribution is 2.17. The Kier molecular flexibility index (Phi) is 2.46. The van der Waals surface area contributed by atoms with Crippen LogP contribution in [0.25, 0.3) is 0 Å². The Labute approximate surface area is 64.4 Å². The van der Waals surface area contributed by atoms with Crippen LogP contribution in [0.1, 0.15) is 6.92 Å². The first-order valence-corrected chi connectivity index (χ1v) is 3.49. The predicted octanol–water partition coefficient (Wildman–Crippen LogP) is -2.23. The van der Waals surface area contributed by atoms with E-state index in [1.165, 1.54) is 0 Å². The van der Waals surface area contributed by atoms with Gasteiger partial charge >= 0.3 is 0 Å². The second-order valence-electron chi connectivity index (χ2n) is 2.78. The minimum Gasteiger partial charge on any atom is -0.388 e. The van der Waals surface area contributed by atoms with E-state index in [9.17, 15) is 0 Å². The molecule has 5 N–H and O–H groups in total. The summed E-state index contributed by atoms with van der Waals surface area (Å²) in [5.74, 6) is 0. The summed E-state index contributed by atoms with van der Waals surface area (Å²) < 4.78 is 4.90. The monoisotopic (exact) mass is 163 g/mol. The minimum atomic E-state index is -1.21. The Hall–Kier alpha value is -0.200. The molecule has 1 aliphatic heterocycles. The van der Waals surface area contributed by atoms with Gasteiger partial charge in [-0.2, -0.15) is 0 Å². The number of aliphatic hydroxyl groups excluding tert-OH is 3. The fourth-order valence-electron chi connectivity index (χ4n) is 1.08. The number of ether oxygens (including phenoxy) is 1. The molecule has 11 heavy (non-hydrogen) atoms. The fourth-order valence-corrected chi connectivity index (χ4v) is 1.08. The standard InChI is InChI=1S/C6H13NO4/c1-2-3(8)4(9)5(10)6(7)11-2/h2-6,8-10H,7H2,1H3/t2-,3+,4+,5-,6+/m0/s1. The maximum absolute atomic E-state index is 9.14. The highest BCUT2D eigenvalue weighted by atomic mass is 16.5. The first-order chi connectivity index (χ1) is 5.04. The zero-order valence-electron chi connectivity index (χ0n) is 6.21. The van der Waals surface area contributed by atoms with Gasteiger partial charge in [-0.05, 0) is 6.92 Å². The minimum absolute atomic E-state index is 0.539. The lowest BCUT2D eigenvalue weighted by Crippen LogP contribution is -2.59. The zero-order chi connectivity index (χ0) is 8.59. The summed E-state index contributed by atoms with van der Waals surface area (Å²) in [6.45, 7) is 1.58. The molecule has 66 valence electrons. The summed E-state index contributed by atoms with van der Waals surface area (Å²) in [4.78, 5) is 0. The van der Waals surface area contributed by atoms with E-state index in [1.807, 2.05) is 0 Å². The van der Waals surface area contributed by atoms with Crippen molar-refractivity contribution in [3.05, 3.63) is 0 Å². The van der Waals surface area contributed by atoms with Gasteiger partial charge in [-0.1, -0.05) is 0 Å². The van der Waals surface area contributed by atoms with Gasteiger partial charge in [-0.15, -0.1) is 0 Å². The maximum Gasteiger partial charge on any atom is 0.135 e. The lowest BCUT2D eigenvalue weighted by molar-refractivity contribution is -0.215. The first-order valence-electron chi connectivity index (χ1n) is 3.49. The van der Waals surface area contributed by atoms with E-state index in [0.717, 1.165) is 0 Å². The molecule has 0 amide bonds. The molecule has 0 unspecified atom stereocenters. The third-order valence-corrected chi connectivity index (χ3v) is 1.89. The van der Waals surface area contributed by atoms with Gasteiger partial charge in [0.25, 0.3) is 0 Å². The molecule has 1 aliphatic rings. The van der Waals surface area contributed by atoms with Gasteiger partial charge in [0, 0.05) is 0 Å². The van der Waals surface area contributed by atoms with Gasteiger partial charge in [0.2, 0.25) is 0 Å². The van der Waals surface area contributed by atoms with Crippen LogP contribution in [-0.2, 0) is 4.74 Å². The van der Waals surface area contributed by atoms with Crippen molar-refractivity contribution < 1.29 is 20.1 Å². The van der Waals surface area contributed by atoms with Crippen molar-refractivity contribution in [3.8, 4) is 0 Å². The largest absolute Gasteiger partial charge is 0.388 e.